The van der Waals surface area contributed by atoms with Crippen molar-refractivity contribution in [3.05, 3.63) is 102 Å². The molecule has 0 aliphatic carbocycles. The lowest BCUT2D eigenvalue weighted by Gasteiger charge is -1.99. The van der Waals surface area contributed by atoms with Crippen LogP contribution in [-0.2, 0) is 0 Å². The standard InChI is InChI=1S/C20H12Cl2N4O4/c21-17-7-5-15(9-19(17)25(27)28)23-11-13-1-2-14(4-3-13)12-24-16-6-8-18(22)20(10-16)26(29)30/h1-12H. The van der Waals surface area contributed by atoms with Crippen molar-refractivity contribution in [1.29, 1.82) is 0 Å². The monoisotopic (exact) mass is 442 g/mol. The molecule has 3 aromatic carbocycles. The highest BCUT2D eigenvalue weighted by molar-refractivity contribution is 6.33. The summed E-state index contributed by atoms with van der Waals surface area (Å²) in [7, 11) is 0. The third kappa shape index (κ3) is 5.25. The molecule has 0 saturated carbocycles. The molecule has 3 aromatic rings. The van der Waals surface area contributed by atoms with Crippen molar-refractivity contribution >= 4 is 58.4 Å². The van der Waals surface area contributed by atoms with Gasteiger partial charge in [-0.2, -0.15) is 0 Å². The van der Waals surface area contributed by atoms with E-state index in [9.17, 15) is 20.2 Å². The van der Waals surface area contributed by atoms with Crippen LogP contribution >= 0.6 is 23.2 Å². The van der Waals surface area contributed by atoms with Crippen LogP contribution in [0, 0.1) is 20.2 Å². The highest BCUT2D eigenvalue weighted by atomic mass is 35.5. The van der Waals surface area contributed by atoms with Gasteiger partial charge in [0.2, 0.25) is 0 Å². The fourth-order valence-electron chi connectivity index (χ4n) is 2.41. The van der Waals surface area contributed by atoms with Gasteiger partial charge in [0.25, 0.3) is 11.4 Å². The van der Waals surface area contributed by atoms with Crippen LogP contribution in [0.1, 0.15) is 11.1 Å². The normalized spacial score (nSPS) is 11.3. The number of halogens is 2. The Labute approximate surface area is 180 Å². The fraction of sp³-hybridized carbons (Fsp3) is 0. The molecule has 0 N–H and O–H groups in total. The molecule has 0 radical (unpaired) electrons. The van der Waals surface area contributed by atoms with Crippen LogP contribution < -0.4 is 0 Å². The number of hydrogen-bond acceptors (Lipinski definition) is 6. The Morgan fingerprint density at radius 3 is 1.37 bits per heavy atom. The number of hydrogen-bond donors (Lipinski definition) is 0. The third-order valence-electron chi connectivity index (χ3n) is 3.91. The Morgan fingerprint density at radius 1 is 0.667 bits per heavy atom. The number of nitrogens with zero attached hydrogens (tertiary/aromatic N) is 4. The Hall–Kier alpha value is -3.62. The highest BCUT2D eigenvalue weighted by Crippen LogP contribution is 2.29. The zero-order chi connectivity index (χ0) is 21.7. The summed E-state index contributed by atoms with van der Waals surface area (Å²) in [6.45, 7) is 0. The number of nitro groups is 2. The Bertz CT molecular complexity index is 1090. The Kier molecular flexibility index (Phi) is 6.51. The van der Waals surface area contributed by atoms with E-state index in [-0.39, 0.29) is 21.4 Å². The first-order valence-electron chi connectivity index (χ1n) is 8.39. The van der Waals surface area contributed by atoms with Gasteiger partial charge in [-0.25, -0.2) is 0 Å². The minimum Gasteiger partial charge on any atom is -0.258 e. The van der Waals surface area contributed by atoms with E-state index >= 15 is 0 Å². The SMILES string of the molecule is O=[N+]([O-])c1cc(N=Cc2ccc(C=Nc3ccc(Cl)c([N+](=O)[O-])c3)cc2)ccc1Cl. The summed E-state index contributed by atoms with van der Waals surface area (Å²) in [4.78, 5) is 29.2. The van der Waals surface area contributed by atoms with Crippen LogP contribution in [0.3, 0.4) is 0 Å². The van der Waals surface area contributed by atoms with E-state index in [0.29, 0.717) is 11.4 Å². The lowest BCUT2D eigenvalue weighted by atomic mass is 10.1. The molecule has 8 nitrogen and oxygen atoms in total. The predicted octanol–water partition coefficient (Wildman–Crippen LogP) is 6.31. The van der Waals surface area contributed by atoms with Crippen molar-refractivity contribution in [2.45, 2.75) is 0 Å². The number of rotatable bonds is 6. The van der Waals surface area contributed by atoms with Crippen molar-refractivity contribution < 1.29 is 9.85 Å². The largest absolute Gasteiger partial charge is 0.290 e. The van der Waals surface area contributed by atoms with Gasteiger partial charge in [0.05, 0.1) is 21.2 Å². The molecule has 150 valence electrons. The second-order valence-corrected chi connectivity index (χ2v) is 6.78. The maximum absolute atomic E-state index is 10.9. The van der Waals surface area contributed by atoms with E-state index in [0.717, 1.165) is 11.1 Å². The molecule has 0 heterocycles. The lowest BCUT2D eigenvalue weighted by Crippen LogP contribution is -1.89. The minimum atomic E-state index is -0.565. The molecule has 0 amide bonds. The quantitative estimate of drug-likeness (QED) is 0.252. The average molecular weight is 443 g/mol. The van der Waals surface area contributed by atoms with E-state index in [1.807, 2.05) is 0 Å². The van der Waals surface area contributed by atoms with Gasteiger partial charge in [-0.1, -0.05) is 47.5 Å². The Balaban J connectivity index is 1.72. The molecule has 0 atom stereocenters. The summed E-state index contributed by atoms with van der Waals surface area (Å²) in [6.07, 6.45) is 3.13. The van der Waals surface area contributed by atoms with Gasteiger partial charge in [-0.3, -0.25) is 30.2 Å². The van der Waals surface area contributed by atoms with Crippen molar-refractivity contribution in [3.63, 3.8) is 0 Å². The van der Waals surface area contributed by atoms with Crippen molar-refractivity contribution in [2.75, 3.05) is 0 Å². The first-order chi connectivity index (χ1) is 14.3. The van der Waals surface area contributed by atoms with Gasteiger partial charge in [-0.05, 0) is 35.4 Å². The number of benzene rings is 3. The molecule has 0 fully saturated rings. The van der Waals surface area contributed by atoms with Crippen LogP contribution in [-0.4, -0.2) is 22.3 Å². The third-order valence-corrected chi connectivity index (χ3v) is 4.55. The molecule has 0 spiro atoms. The van der Waals surface area contributed by atoms with Gasteiger partial charge in [0, 0.05) is 24.6 Å². The minimum absolute atomic E-state index is 0.0496. The summed E-state index contributed by atoms with van der Waals surface area (Å²) < 4.78 is 0. The molecule has 10 heteroatoms. The molecule has 3 rings (SSSR count). The van der Waals surface area contributed by atoms with E-state index in [4.69, 9.17) is 23.2 Å². The van der Waals surface area contributed by atoms with Crippen molar-refractivity contribution in [3.8, 4) is 0 Å². The van der Waals surface area contributed by atoms with E-state index in [2.05, 4.69) is 9.98 Å². The fourth-order valence-corrected chi connectivity index (χ4v) is 2.78. The van der Waals surface area contributed by atoms with Gasteiger partial charge in [0.15, 0.2) is 0 Å². The Morgan fingerprint density at radius 2 is 1.03 bits per heavy atom. The smallest absolute Gasteiger partial charge is 0.258 e. The second-order valence-electron chi connectivity index (χ2n) is 5.97. The van der Waals surface area contributed by atoms with Crippen LogP contribution in [0.25, 0.3) is 0 Å². The zero-order valence-corrected chi connectivity index (χ0v) is 16.6. The van der Waals surface area contributed by atoms with Crippen LogP contribution in [0.5, 0.6) is 0 Å². The molecule has 30 heavy (non-hydrogen) atoms. The van der Waals surface area contributed by atoms with E-state index < -0.39 is 9.85 Å². The molecular weight excluding hydrogens is 431 g/mol. The molecule has 0 unspecified atom stereocenters. The molecule has 0 aliphatic rings. The average Bonchev–Trinajstić information content (AvgIpc) is 2.73. The van der Waals surface area contributed by atoms with Gasteiger partial charge in [-0.15, -0.1) is 0 Å². The van der Waals surface area contributed by atoms with Gasteiger partial charge >= 0.3 is 0 Å². The molecule has 0 bridgehead atoms. The van der Waals surface area contributed by atoms with Gasteiger partial charge < -0.3 is 0 Å². The van der Waals surface area contributed by atoms with Crippen LogP contribution in [0.4, 0.5) is 22.7 Å². The van der Waals surface area contributed by atoms with Gasteiger partial charge in [0.1, 0.15) is 10.0 Å². The second kappa shape index (κ2) is 9.25. The van der Waals surface area contributed by atoms with E-state index in [1.165, 1.54) is 24.3 Å². The topological polar surface area (TPSA) is 111 Å². The maximum atomic E-state index is 10.9. The zero-order valence-electron chi connectivity index (χ0n) is 15.1. The first kappa shape index (κ1) is 21.1. The van der Waals surface area contributed by atoms with Crippen molar-refractivity contribution in [2.24, 2.45) is 9.98 Å². The summed E-state index contributed by atoms with van der Waals surface area (Å²) >= 11 is 11.6. The molecule has 0 aliphatic heterocycles. The number of nitro benzene ring substituents is 2. The highest BCUT2D eigenvalue weighted by Gasteiger charge is 2.13. The summed E-state index contributed by atoms with van der Waals surface area (Å²) in [5.41, 5.74) is 1.93. The lowest BCUT2D eigenvalue weighted by molar-refractivity contribution is -0.384. The molecule has 0 aromatic heterocycles. The molecule has 0 saturated heterocycles. The summed E-state index contributed by atoms with van der Waals surface area (Å²) in [6, 6.07) is 15.8. The summed E-state index contributed by atoms with van der Waals surface area (Å²) in [5.74, 6) is 0. The summed E-state index contributed by atoms with van der Waals surface area (Å²) in [5, 5.41) is 22.0. The van der Waals surface area contributed by atoms with Crippen molar-refractivity contribution in [1.82, 2.24) is 0 Å². The van der Waals surface area contributed by atoms with Crippen LogP contribution in [0.15, 0.2) is 70.6 Å². The predicted molar refractivity (Wildman–Crippen MR) is 117 cm³/mol. The maximum Gasteiger partial charge on any atom is 0.290 e. The van der Waals surface area contributed by atoms with Crippen LogP contribution in [0.2, 0.25) is 10.0 Å². The number of aliphatic imine (C=N–C) groups is 2. The van der Waals surface area contributed by atoms with E-state index in [1.54, 1.807) is 48.8 Å². The first-order valence-corrected chi connectivity index (χ1v) is 9.15. The molecular formula is C20H12Cl2N4O4.